The Morgan fingerprint density at radius 1 is 1.04 bits per heavy atom. The lowest BCUT2D eigenvalue weighted by molar-refractivity contribution is 0.0946. The highest BCUT2D eigenvalue weighted by molar-refractivity contribution is 5.92. The maximum absolute atomic E-state index is 12.2. The summed E-state index contributed by atoms with van der Waals surface area (Å²) in [6, 6.07) is 13.5. The monoisotopic (exact) mass is 332 g/mol. The molecule has 0 bridgehead atoms. The van der Waals surface area contributed by atoms with Gasteiger partial charge in [-0.05, 0) is 55.3 Å². The number of hydrogen-bond acceptors (Lipinski definition) is 4. The van der Waals surface area contributed by atoms with E-state index in [4.69, 9.17) is 0 Å². The molecule has 2 N–H and O–H groups in total. The molecular weight excluding hydrogens is 312 g/mol. The van der Waals surface area contributed by atoms with E-state index in [2.05, 4.69) is 46.6 Å². The molecule has 3 rings (SSSR count). The average molecular weight is 332 g/mol. The molecular formula is C20H20N4O. The van der Waals surface area contributed by atoms with E-state index in [9.17, 15) is 4.79 Å². The third kappa shape index (κ3) is 4.41. The van der Waals surface area contributed by atoms with Gasteiger partial charge in [0.05, 0.1) is 11.9 Å². The minimum absolute atomic E-state index is 0.199. The van der Waals surface area contributed by atoms with Crippen molar-refractivity contribution in [1.29, 1.82) is 0 Å². The van der Waals surface area contributed by atoms with Crippen LogP contribution in [0.5, 0.6) is 0 Å². The summed E-state index contributed by atoms with van der Waals surface area (Å²) in [5, 5.41) is 6.17. The van der Waals surface area contributed by atoms with E-state index in [0.29, 0.717) is 12.2 Å². The zero-order chi connectivity index (χ0) is 17.6. The molecule has 2 heterocycles. The van der Waals surface area contributed by atoms with Crippen LogP contribution in [0.4, 0.5) is 11.4 Å². The van der Waals surface area contributed by atoms with Crippen molar-refractivity contribution in [3.63, 3.8) is 0 Å². The topological polar surface area (TPSA) is 66.9 Å². The van der Waals surface area contributed by atoms with Crippen molar-refractivity contribution in [2.45, 2.75) is 20.4 Å². The number of aryl methyl sites for hydroxylation is 2. The fraction of sp³-hybridized carbons (Fsp3) is 0.150. The van der Waals surface area contributed by atoms with Crippen molar-refractivity contribution >= 4 is 17.3 Å². The van der Waals surface area contributed by atoms with Gasteiger partial charge in [0.25, 0.3) is 5.91 Å². The lowest BCUT2D eigenvalue weighted by Crippen LogP contribution is -2.23. The van der Waals surface area contributed by atoms with Crippen LogP contribution in [0.15, 0.2) is 61.1 Å². The summed E-state index contributed by atoms with van der Waals surface area (Å²) >= 11 is 0. The number of amides is 1. The highest BCUT2D eigenvalue weighted by Crippen LogP contribution is 2.21. The van der Waals surface area contributed by atoms with Gasteiger partial charge in [-0.2, -0.15) is 0 Å². The summed E-state index contributed by atoms with van der Waals surface area (Å²) in [5.74, 6) is -0.199. The highest BCUT2D eigenvalue weighted by Gasteiger charge is 2.07. The molecule has 126 valence electrons. The summed E-state index contributed by atoms with van der Waals surface area (Å²) in [6.45, 7) is 4.58. The van der Waals surface area contributed by atoms with E-state index in [1.54, 1.807) is 24.7 Å². The van der Waals surface area contributed by atoms with Gasteiger partial charge in [-0.25, -0.2) is 4.98 Å². The summed E-state index contributed by atoms with van der Waals surface area (Å²) in [5.41, 5.74) is 5.65. The fourth-order valence-corrected chi connectivity index (χ4v) is 2.49. The van der Waals surface area contributed by atoms with Gasteiger partial charge in [0.1, 0.15) is 5.69 Å². The molecule has 0 aliphatic heterocycles. The Balaban J connectivity index is 1.62. The standard InChI is InChI=1S/C20H20N4O/c1-14-3-5-18(15(2)11-14)24-17-4-6-19(22-13-17)20(25)23-12-16-7-9-21-10-8-16/h3-11,13,24H,12H2,1-2H3,(H,23,25). The van der Waals surface area contributed by atoms with E-state index in [1.165, 1.54) is 11.1 Å². The first-order chi connectivity index (χ1) is 12.1. The first-order valence-corrected chi connectivity index (χ1v) is 8.09. The minimum Gasteiger partial charge on any atom is -0.354 e. The van der Waals surface area contributed by atoms with E-state index in [0.717, 1.165) is 16.9 Å². The number of anilines is 2. The van der Waals surface area contributed by atoms with Crippen LogP contribution in [-0.2, 0) is 6.54 Å². The van der Waals surface area contributed by atoms with Gasteiger partial charge >= 0.3 is 0 Å². The molecule has 0 saturated heterocycles. The third-order valence-electron chi connectivity index (χ3n) is 3.86. The lowest BCUT2D eigenvalue weighted by atomic mass is 10.1. The van der Waals surface area contributed by atoms with Gasteiger partial charge < -0.3 is 10.6 Å². The molecule has 1 amide bonds. The predicted molar refractivity (Wildman–Crippen MR) is 98.8 cm³/mol. The molecule has 0 unspecified atom stereocenters. The van der Waals surface area contributed by atoms with Crippen LogP contribution in [0.25, 0.3) is 0 Å². The van der Waals surface area contributed by atoms with Gasteiger partial charge in [-0.15, -0.1) is 0 Å². The Labute approximate surface area is 147 Å². The first-order valence-electron chi connectivity index (χ1n) is 8.09. The Morgan fingerprint density at radius 3 is 2.52 bits per heavy atom. The molecule has 0 spiro atoms. The molecule has 0 radical (unpaired) electrons. The lowest BCUT2D eigenvalue weighted by Gasteiger charge is -2.10. The molecule has 0 aliphatic carbocycles. The molecule has 5 nitrogen and oxygen atoms in total. The van der Waals surface area contributed by atoms with E-state index in [1.807, 2.05) is 24.3 Å². The number of aromatic nitrogens is 2. The molecule has 0 saturated carbocycles. The van der Waals surface area contributed by atoms with Crippen molar-refractivity contribution in [2.24, 2.45) is 0 Å². The zero-order valence-electron chi connectivity index (χ0n) is 14.3. The van der Waals surface area contributed by atoms with Crippen molar-refractivity contribution < 1.29 is 4.79 Å². The number of hydrogen-bond donors (Lipinski definition) is 2. The maximum Gasteiger partial charge on any atom is 0.270 e. The van der Waals surface area contributed by atoms with Crippen LogP contribution in [0.2, 0.25) is 0 Å². The Kier molecular flexibility index (Phi) is 5.04. The summed E-state index contributed by atoms with van der Waals surface area (Å²) in [7, 11) is 0. The molecule has 0 fully saturated rings. The van der Waals surface area contributed by atoms with Gasteiger partial charge in [0, 0.05) is 24.6 Å². The summed E-state index contributed by atoms with van der Waals surface area (Å²) in [6.07, 6.45) is 5.07. The predicted octanol–water partition coefficient (Wildman–Crippen LogP) is 3.77. The SMILES string of the molecule is Cc1ccc(Nc2ccc(C(=O)NCc3ccncc3)nc2)c(C)c1. The Hall–Kier alpha value is -3.21. The maximum atomic E-state index is 12.2. The quantitative estimate of drug-likeness (QED) is 0.746. The number of nitrogens with zero attached hydrogens (tertiary/aromatic N) is 2. The molecule has 3 aromatic rings. The van der Waals surface area contributed by atoms with Crippen molar-refractivity contribution in [3.8, 4) is 0 Å². The van der Waals surface area contributed by atoms with Gasteiger partial charge in [-0.1, -0.05) is 17.7 Å². The van der Waals surface area contributed by atoms with Crippen LogP contribution < -0.4 is 10.6 Å². The number of benzene rings is 1. The molecule has 5 heteroatoms. The van der Waals surface area contributed by atoms with Crippen molar-refractivity contribution in [1.82, 2.24) is 15.3 Å². The zero-order valence-corrected chi connectivity index (χ0v) is 14.3. The van der Waals surface area contributed by atoms with E-state index in [-0.39, 0.29) is 5.91 Å². The van der Waals surface area contributed by atoms with Crippen LogP contribution in [-0.4, -0.2) is 15.9 Å². The molecule has 0 aliphatic rings. The highest BCUT2D eigenvalue weighted by atomic mass is 16.1. The average Bonchev–Trinajstić information content (AvgIpc) is 2.63. The number of pyridine rings is 2. The second-order valence-electron chi connectivity index (χ2n) is 5.91. The van der Waals surface area contributed by atoms with Crippen molar-refractivity contribution in [3.05, 3.63) is 83.4 Å². The Morgan fingerprint density at radius 2 is 1.84 bits per heavy atom. The van der Waals surface area contributed by atoms with Crippen LogP contribution in [0.3, 0.4) is 0 Å². The molecule has 2 aromatic heterocycles. The second-order valence-corrected chi connectivity index (χ2v) is 5.91. The Bertz CT molecular complexity index is 861. The minimum atomic E-state index is -0.199. The summed E-state index contributed by atoms with van der Waals surface area (Å²) < 4.78 is 0. The van der Waals surface area contributed by atoms with Gasteiger partial charge in [-0.3, -0.25) is 9.78 Å². The number of carbonyl (C=O) groups excluding carboxylic acids is 1. The number of nitrogens with one attached hydrogen (secondary N) is 2. The van der Waals surface area contributed by atoms with E-state index < -0.39 is 0 Å². The smallest absolute Gasteiger partial charge is 0.270 e. The summed E-state index contributed by atoms with van der Waals surface area (Å²) in [4.78, 5) is 20.4. The van der Waals surface area contributed by atoms with Crippen LogP contribution in [0.1, 0.15) is 27.2 Å². The van der Waals surface area contributed by atoms with Gasteiger partial charge in [0.2, 0.25) is 0 Å². The normalized spacial score (nSPS) is 10.3. The van der Waals surface area contributed by atoms with Gasteiger partial charge in [0.15, 0.2) is 0 Å². The number of rotatable bonds is 5. The van der Waals surface area contributed by atoms with E-state index >= 15 is 0 Å². The molecule has 25 heavy (non-hydrogen) atoms. The van der Waals surface area contributed by atoms with Crippen LogP contribution >= 0.6 is 0 Å². The second kappa shape index (κ2) is 7.57. The molecule has 1 aromatic carbocycles. The number of carbonyl (C=O) groups is 1. The van der Waals surface area contributed by atoms with Crippen molar-refractivity contribution in [2.75, 3.05) is 5.32 Å². The fourth-order valence-electron chi connectivity index (χ4n) is 2.49. The third-order valence-corrected chi connectivity index (χ3v) is 3.86. The van der Waals surface area contributed by atoms with Crippen LogP contribution in [0, 0.1) is 13.8 Å². The largest absolute Gasteiger partial charge is 0.354 e. The molecule has 0 atom stereocenters. The first kappa shape index (κ1) is 16.6.